The van der Waals surface area contributed by atoms with E-state index < -0.39 is 17.8 Å². The number of carbonyl (C=O) groups excluding carboxylic acids is 1. The van der Waals surface area contributed by atoms with Gasteiger partial charge in [0.05, 0.1) is 12.6 Å². The zero-order chi connectivity index (χ0) is 15.6. The van der Waals surface area contributed by atoms with Crippen LogP contribution < -0.4 is 0 Å². The highest BCUT2D eigenvalue weighted by Gasteiger charge is 2.28. The molecule has 0 unspecified atom stereocenters. The van der Waals surface area contributed by atoms with E-state index >= 15 is 0 Å². The Labute approximate surface area is 123 Å². The first-order valence-corrected chi connectivity index (χ1v) is 6.88. The van der Waals surface area contributed by atoms with Gasteiger partial charge in [0.1, 0.15) is 11.4 Å². The first-order valence-electron chi connectivity index (χ1n) is 6.88. The summed E-state index contributed by atoms with van der Waals surface area (Å²) in [4.78, 5) is 13.4. The minimum absolute atomic E-state index is 0.165. The van der Waals surface area contributed by atoms with Crippen molar-refractivity contribution in [3.8, 4) is 0 Å². The Morgan fingerprint density at radius 2 is 1.95 bits per heavy atom. The molecule has 0 bridgehead atoms. The molecule has 21 heavy (non-hydrogen) atoms. The quantitative estimate of drug-likeness (QED) is 0.866. The van der Waals surface area contributed by atoms with E-state index in [9.17, 15) is 14.3 Å². The second kappa shape index (κ2) is 5.85. The Hall–Kier alpha value is -1.88. The van der Waals surface area contributed by atoms with Crippen LogP contribution in [0, 0.1) is 5.82 Å². The number of rotatable bonds is 1. The number of ether oxygens (including phenoxy) is 1. The fraction of sp³-hybridized carbons (Fsp3) is 0.438. The van der Waals surface area contributed by atoms with Gasteiger partial charge in [-0.2, -0.15) is 0 Å². The normalized spacial score (nSPS) is 19.2. The summed E-state index contributed by atoms with van der Waals surface area (Å²) in [6.45, 7) is 5.91. The molecular formula is C16H20FNO3. The average molecular weight is 293 g/mol. The van der Waals surface area contributed by atoms with Crippen molar-refractivity contribution in [3.63, 3.8) is 0 Å². The maximum absolute atomic E-state index is 12.9. The maximum atomic E-state index is 12.9. The molecule has 0 saturated carbocycles. The van der Waals surface area contributed by atoms with E-state index in [-0.39, 0.29) is 12.4 Å². The number of benzene rings is 1. The number of hydrogen-bond acceptors (Lipinski definition) is 3. The summed E-state index contributed by atoms with van der Waals surface area (Å²) < 4.78 is 18.2. The average Bonchev–Trinajstić information content (AvgIpc) is 2.38. The van der Waals surface area contributed by atoms with Crippen LogP contribution >= 0.6 is 0 Å². The number of halogens is 1. The number of nitrogens with zero attached hydrogens (tertiary/aromatic N) is 1. The lowest BCUT2D eigenvalue weighted by Crippen LogP contribution is -2.43. The summed E-state index contributed by atoms with van der Waals surface area (Å²) in [5.74, 6) is -0.319. The van der Waals surface area contributed by atoms with E-state index in [1.807, 2.05) is 0 Å². The molecule has 5 heteroatoms. The first-order chi connectivity index (χ1) is 9.76. The molecule has 0 radical (unpaired) electrons. The minimum atomic E-state index is -0.809. The van der Waals surface area contributed by atoms with Crippen LogP contribution in [0.5, 0.6) is 0 Å². The third kappa shape index (κ3) is 4.04. The van der Waals surface area contributed by atoms with E-state index in [4.69, 9.17) is 4.74 Å². The molecule has 1 atom stereocenters. The van der Waals surface area contributed by atoms with Crippen molar-refractivity contribution in [2.24, 2.45) is 0 Å². The van der Waals surface area contributed by atoms with Gasteiger partial charge in [-0.05, 0) is 44.0 Å². The molecule has 0 aromatic heterocycles. The molecule has 1 aliphatic heterocycles. The molecule has 1 aliphatic rings. The van der Waals surface area contributed by atoms with Gasteiger partial charge < -0.3 is 14.7 Å². The van der Waals surface area contributed by atoms with E-state index in [0.29, 0.717) is 12.1 Å². The van der Waals surface area contributed by atoms with Gasteiger partial charge in [0.2, 0.25) is 0 Å². The third-order valence-electron chi connectivity index (χ3n) is 3.11. The van der Waals surface area contributed by atoms with Crippen molar-refractivity contribution in [2.45, 2.75) is 32.5 Å². The van der Waals surface area contributed by atoms with E-state index in [1.165, 1.54) is 17.0 Å². The summed E-state index contributed by atoms with van der Waals surface area (Å²) in [5.41, 5.74) is 0.894. The Bertz CT molecular complexity index is 546. The standard InChI is InChI=1S/C16H20FNO3/c1-16(2,3)21-15(20)18-9-8-13(14(19)10-18)11-4-6-12(17)7-5-11/h4-8,14,19H,9-10H2,1-3H3/t14-/m1/s1. The highest BCUT2D eigenvalue weighted by atomic mass is 19.1. The lowest BCUT2D eigenvalue weighted by molar-refractivity contribution is 0.0198. The van der Waals surface area contributed by atoms with Crippen molar-refractivity contribution in [2.75, 3.05) is 13.1 Å². The van der Waals surface area contributed by atoms with Crippen LogP contribution in [0.15, 0.2) is 30.3 Å². The second-order valence-corrected chi connectivity index (χ2v) is 6.07. The lowest BCUT2D eigenvalue weighted by atomic mass is 9.97. The zero-order valence-electron chi connectivity index (χ0n) is 12.5. The van der Waals surface area contributed by atoms with E-state index in [0.717, 1.165) is 5.56 Å². The minimum Gasteiger partial charge on any atom is -0.444 e. The van der Waals surface area contributed by atoms with Gasteiger partial charge >= 0.3 is 6.09 Å². The first kappa shape index (κ1) is 15.5. The summed E-state index contributed by atoms with van der Waals surface area (Å²) in [5, 5.41) is 10.2. The van der Waals surface area contributed by atoms with Gasteiger partial charge in [0.15, 0.2) is 0 Å². The summed E-state index contributed by atoms with van der Waals surface area (Å²) >= 11 is 0. The summed E-state index contributed by atoms with van der Waals surface area (Å²) in [6.07, 6.45) is 0.512. The van der Waals surface area contributed by atoms with Crippen LogP contribution in [0.3, 0.4) is 0 Å². The molecule has 0 fully saturated rings. The predicted molar refractivity (Wildman–Crippen MR) is 78.2 cm³/mol. The monoisotopic (exact) mass is 293 g/mol. The van der Waals surface area contributed by atoms with Crippen LogP contribution in [-0.2, 0) is 4.74 Å². The molecule has 1 heterocycles. The van der Waals surface area contributed by atoms with Gasteiger partial charge in [-0.15, -0.1) is 0 Å². The molecule has 114 valence electrons. The smallest absolute Gasteiger partial charge is 0.410 e. The van der Waals surface area contributed by atoms with Crippen molar-refractivity contribution in [1.82, 2.24) is 4.90 Å². The third-order valence-corrected chi connectivity index (χ3v) is 3.11. The molecule has 1 aromatic carbocycles. The SMILES string of the molecule is CC(C)(C)OC(=O)N1CC=C(c2ccc(F)cc2)[C@H](O)C1. The molecule has 2 rings (SSSR count). The van der Waals surface area contributed by atoms with Gasteiger partial charge in [-0.25, -0.2) is 9.18 Å². The molecular weight excluding hydrogens is 273 g/mol. The number of hydrogen-bond donors (Lipinski definition) is 1. The van der Waals surface area contributed by atoms with Crippen LogP contribution in [0.2, 0.25) is 0 Å². The van der Waals surface area contributed by atoms with Crippen LogP contribution in [0.1, 0.15) is 26.3 Å². The number of amides is 1. The van der Waals surface area contributed by atoms with E-state index in [2.05, 4.69) is 0 Å². The number of carbonyl (C=O) groups is 1. The van der Waals surface area contributed by atoms with E-state index in [1.54, 1.807) is 39.0 Å². The molecule has 0 saturated heterocycles. The Morgan fingerprint density at radius 1 is 1.33 bits per heavy atom. The topological polar surface area (TPSA) is 49.8 Å². The van der Waals surface area contributed by atoms with Gasteiger partial charge in [-0.3, -0.25) is 0 Å². The lowest BCUT2D eigenvalue weighted by Gasteiger charge is -2.32. The fourth-order valence-corrected chi connectivity index (χ4v) is 2.15. The van der Waals surface area contributed by atoms with Crippen molar-refractivity contribution >= 4 is 11.7 Å². The summed E-state index contributed by atoms with van der Waals surface area (Å²) in [7, 11) is 0. The summed E-state index contributed by atoms with van der Waals surface area (Å²) in [6, 6.07) is 5.94. The van der Waals surface area contributed by atoms with Crippen molar-refractivity contribution in [1.29, 1.82) is 0 Å². The van der Waals surface area contributed by atoms with Gasteiger partial charge in [0.25, 0.3) is 0 Å². The molecule has 0 aliphatic carbocycles. The van der Waals surface area contributed by atoms with Gasteiger partial charge in [0, 0.05) is 6.54 Å². The maximum Gasteiger partial charge on any atom is 0.410 e. The van der Waals surface area contributed by atoms with Crippen molar-refractivity contribution < 1.29 is 19.0 Å². The Balaban J connectivity index is 2.09. The van der Waals surface area contributed by atoms with Crippen LogP contribution in [-0.4, -0.2) is 40.9 Å². The number of aliphatic hydroxyl groups is 1. The molecule has 1 N–H and O–H groups in total. The second-order valence-electron chi connectivity index (χ2n) is 6.07. The fourth-order valence-electron chi connectivity index (χ4n) is 2.15. The molecule has 1 amide bonds. The molecule has 1 aromatic rings. The number of β-amino-alcohol motifs (C(OH)–C–C–N with tert-alkyl or cyclic N) is 1. The van der Waals surface area contributed by atoms with Crippen LogP contribution in [0.4, 0.5) is 9.18 Å². The Morgan fingerprint density at radius 3 is 2.48 bits per heavy atom. The number of aliphatic hydroxyl groups excluding tert-OH is 1. The molecule has 4 nitrogen and oxygen atoms in total. The highest BCUT2D eigenvalue weighted by molar-refractivity contribution is 5.74. The van der Waals surface area contributed by atoms with Crippen molar-refractivity contribution in [3.05, 3.63) is 41.7 Å². The largest absolute Gasteiger partial charge is 0.444 e. The Kier molecular flexibility index (Phi) is 4.32. The molecule has 0 spiro atoms. The predicted octanol–water partition coefficient (Wildman–Crippen LogP) is 2.82. The highest BCUT2D eigenvalue weighted by Crippen LogP contribution is 2.24. The van der Waals surface area contributed by atoms with Crippen LogP contribution in [0.25, 0.3) is 5.57 Å². The van der Waals surface area contributed by atoms with Gasteiger partial charge in [-0.1, -0.05) is 18.2 Å². The zero-order valence-corrected chi connectivity index (χ0v) is 12.5.